The molecular weight excluding hydrogens is 544 g/mol. The fraction of sp³-hybridized carbons (Fsp3) is 0.235. The number of imide groups is 2. The second-order valence-electron chi connectivity index (χ2n) is 11.0. The van der Waals surface area contributed by atoms with E-state index in [2.05, 4.69) is 10.3 Å². The third-order valence-electron chi connectivity index (χ3n) is 8.22. The first-order valence-electron chi connectivity index (χ1n) is 14.4. The van der Waals surface area contributed by atoms with Gasteiger partial charge in [0.05, 0.1) is 33.5 Å². The second-order valence-corrected chi connectivity index (χ2v) is 11.0. The van der Waals surface area contributed by atoms with E-state index in [1.165, 1.54) is 4.90 Å². The van der Waals surface area contributed by atoms with Crippen molar-refractivity contribution >= 4 is 46.1 Å². The average molecular weight is 575 g/mol. The number of carbonyl (C=O) groups is 5. The standard InChI is InChI=1S/C34H30N4O5/c1-21(11-3-2-8-20-37-31(40)23-14-4-5-15-24(23)32(37)41)29(38-33(42)25-16-6-7-17-26(25)34(38)43)30(39)36-27-18-9-12-22-13-10-19-35-28(22)27/h4-7,9-10,12-19,21,29H,2-3,8,11,20H2,1H3,(H,36,39)/t21-,29+/m1/s1. The summed E-state index contributed by atoms with van der Waals surface area (Å²) in [4.78, 5) is 72.9. The van der Waals surface area contributed by atoms with Crippen LogP contribution in [-0.4, -0.2) is 56.9 Å². The van der Waals surface area contributed by atoms with Crippen LogP contribution >= 0.6 is 0 Å². The molecule has 0 aliphatic carbocycles. The lowest BCUT2D eigenvalue weighted by molar-refractivity contribution is -0.121. The molecule has 9 nitrogen and oxygen atoms in total. The van der Waals surface area contributed by atoms with E-state index in [-0.39, 0.29) is 28.9 Å². The molecule has 0 fully saturated rings. The third-order valence-corrected chi connectivity index (χ3v) is 8.22. The summed E-state index contributed by atoms with van der Waals surface area (Å²) < 4.78 is 0. The van der Waals surface area contributed by atoms with E-state index in [0.717, 1.165) is 10.3 Å². The Bertz CT molecular complexity index is 1710. The summed E-state index contributed by atoms with van der Waals surface area (Å²) in [5.41, 5.74) is 2.53. The number of amides is 5. The van der Waals surface area contributed by atoms with E-state index in [1.54, 1.807) is 60.8 Å². The Hall–Kier alpha value is -5.18. The number of hydrogen-bond acceptors (Lipinski definition) is 6. The number of rotatable bonds is 10. The summed E-state index contributed by atoms with van der Waals surface area (Å²) in [5.74, 6) is -2.38. The summed E-state index contributed by atoms with van der Waals surface area (Å²) in [7, 11) is 0. The topological polar surface area (TPSA) is 117 Å². The second kappa shape index (κ2) is 11.6. The van der Waals surface area contributed by atoms with Gasteiger partial charge in [-0.05, 0) is 55.2 Å². The van der Waals surface area contributed by atoms with Gasteiger partial charge < -0.3 is 5.32 Å². The number of fused-ring (bicyclic) bond motifs is 3. The Morgan fingerprint density at radius 1 is 0.721 bits per heavy atom. The molecule has 2 aliphatic heterocycles. The first-order chi connectivity index (χ1) is 20.9. The summed E-state index contributed by atoms with van der Waals surface area (Å²) in [6.45, 7) is 2.16. The Morgan fingerprint density at radius 3 is 1.93 bits per heavy atom. The van der Waals surface area contributed by atoms with E-state index in [9.17, 15) is 24.0 Å². The molecule has 0 saturated carbocycles. The summed E-state index contributed by atoms with van der Waals surface area (Å²) >= 11 is 0. The molecule has 4 aromatic rings. The van der Waals surface area contributed by atoms with Crippen molar-refractivity contribution in [3.05, 3.63) is 107 Å². The maximum atomic E-state index is 13.9. The minimum absolute atomic E-state index is 0.278. The zero-order valence-corrected chi connectivity index (χ0v) is 23.7. The Labute approximate surface area is 248 Å². The summed E-state index contributed by atoms with van der Waals surface area (Å²) in [5, 5.41) is 3.79. The van der Waals surface area contributed by atoms with Gasteiger partial charge in [0.25, 0.3) is 23.6 Å². The van der Waals surface area contributed by atoms with Crippen LogP contribution < -0.4 is 5.32 Å². The van der Waals surface area contributed by atoms with Crippen molar-refractivity contribution in [2.75, 3.05) is 11.9 Å². The van der Waals surface area contributed by atoms with Crippen molar-refractivity contribution < 1.29 is 24.0 Å². The number of unbranched alkanes of at least 4 members (excludes halogenated alkanes) is 2. The lowest BCUT2D eigenvalue weighted by Gasteiger charge is -2.30. The monoisotopic (exact) mass is 574 g/mol. The molecule has 5 amide bonds. The highest BCUT2D eigenvalue weighted by Gasteiger charge is 2.45. The molecule has 2 atom stereocenters. The van der Waals surface area contributed by atoms with Gasteiger partial charge in [0.15, 0.2) is 0 Å². The van der Waals surface area contributed by atoms with Crippen LogP contribution in [-0.2, 0) is 4.79 Å². The molecule has 0 saturated heterocycles. The lowest BCUT2D eigenvalue weighted by atomic mass is 9.93. The van der Waals surface area contributed by atoms with Gasteiger partial charge in [-0.3, -0.25) is 38.8 Å². The Balaban J connectivity index is 1.16. The van der Waals surface area contributed by atoms with Gasteiger partial charge in [-0.15, -0.1) is 0 Å². The number of pyridine rings is 1. The molecule has 43 heavy (non-hydrogen) atoms. The van der Waals surface area contributed by atoms with E-state index in [0.29, 0.717) is 54.6 Å². The van der Waals surface area contributed by atoms with Gasteiger partial charge in [0.1, 0.15) is 6.04 Å². The number of aromatic nitrogens is 1. The molecule has 1 aromatic heterocycles. The van der Waals surface area contributed by atoms with E-state index in [1.807, 2.05) is 31.2 Å². The van der Waals surface area contributed by atoms with Crippen molar-refractivity contribution in [1.29, 1.82) is 0 Å². The van der Waals surface area contributed by atoms with E-state index >= 15 is 0 Å². The Kier molecular flexibility index (Phi) is 7.54. The highest BCUT2D eigenvalue weighted by molar-refractivity contribution is 6.23. The molecule has 0 radical (unpaired) electrons. The van der Waals surface area contributed by atoms with Gasteiger partial charge in [-0.25, -0.2) is 0 Å². The van der Waals surface area contributed by atoms with Crippen LogP contribution in [0.25, 0.3) is 10.9 Å². The van der Waals surface area contributed by atoms with Gasteiger partial charge in [0, 0.05) is 18.1 Å². The van der Waals surface area contributed by atoms with Crippen LogP contribution in [0.5, 0.6) is 0 Å². The third kappa shape index (κ3) is 5.07. The van der Waals surface area contributed by atoms with Gasteiger partial charge >= 0.3 is 0 Å². The molecule has 9 heteroatoms. The number of nitrogens with one attached hydrogen (secondary N) is 1. The molecule has 1 N–H and O–H groups in total. The molecule has 3 aromatic carbocycles. The maximum absolute atomic E-state index is 13.9. The van der Waals surface area contributed by atoms with Crippen molar-refractivity contribution in [1.82, 2.24) is 14.8 Å². The minimum atomic E-state index is -1.05. The van der Waals surface area contributed by atoms with E-state index in [4.69, 9.17) is 0 Å². The highest BCUT2D eigenvalue weighted by Crippen LogP contribution is 2.31. The zero-order valence-electron chi connectivity index (χ0n) is 23.7. The zero-order chi connectivity index (χ0) is 30.1. The number of anilines is 1. The largest absolute Gasteiger partial charge is 0.322 e. The number of para-hydroxylation sites is 1. The molecule has 6 rings (SSSR count). The van der Waals surface area contributed by atoms with Crippen molar-refractivity contribution in [2.45, 2.75) is 38.6 Å². The summed E-state index contributed by atoms with van der Waals surface area (Å²) in [6.07, 6.45) is 4.16. The normalized spacial score (nSPS) is 15.6. The van der Waals surface area contributed by atoms with Crippen molar-refractivity contribution in [3.63, 3.8) is 0 Å². The smallest absolute Gasteiger partial charge is 0.262 e. The highest BCUT2D eigenvalue weighted by atomic mass is 16.2. The van der Waals surface area contributed by atoms with Crippen molar-refractivity contribution in [3.8, 4) is 0 Å². The fourth-order valence-electron chi connectivity index (χ4n) is 6.02. The number of benzene rings is 3. The van der Waals surface area contributed by atoms with Crippen LogP contribution in [0.15, 0.2) is 85.1 Å². The van der Waals surface area contributed by atoms with Crippen LogP contribution in [0.3, 0.4) is 0 Å². The van der Waals surface area contributed by atoms with Crippen molar-refractivity contribution in [2.24, 2.45) is 5.92 Å². The predicted molar refractivity (Wildman–Crippen MR) is 161 cm³/mol. The fourth-order valence-corrected chi connectivity index (χ4v) is 6.02. The maximum Gasteiger partial charge on any atom is 0.262 e. The molecule has 2 aliphatic rings. The first kappa shape index (κ1) is 28.0. The minimum Gasteiger partial charge on any atom is -0.322 e. The van der Waals surface area contributed by atoms with Gasteiger partial charge in [0.2, 0.25) is 5.91 Å². The predicted octanol–water partition coefficient (Wildman–Crippen LogP) is 5.33. The van der Waals surface area contributed by atoms with Crippen LogP contribution in [0.1, 0.15) is 74.0 Å². The quantitative estimate of drug-likeness (QED) is 0.202. The molecule has 0 bridgehead atoms. The molecule has 216 valence electrons. The number of hydrogen-bond donors (Lipinski definition) is 1. The number of nitrogens with zero attached hydrogens (tertiary/aromatic N) is 3. The molecule has 3 heterocycles. The number of carbonyl (C=O) groups excluding carboxylic acids is 5. The van der Waals surface area contributed by atoms with Gasteiger partial charge in [-0.1, -0.05) is 62.2 Å². The van der Waals surface area contributed by atoms with Gasteiger partial charge in [-0.2, -0.15) is 0 Å². The van der Waals surface area contributed by atoms with Crippen LogP contribution in [0.4, 0.5) is 5.69 Å². The first-order valence-corrected chi connectivity index (χ1v) is 14.4. The summed E-state index contributed by atoms with van der Waals surface area (Å²) in [6, 6.07) is 21.5. The SMILES string of the molecule is C[C@H](CCCCCN1C(=O)c2ccccc2C1=O)[C@@H](C(=O)Nc1cccc2cccnc12)N1C(=O)c2ccccc2C1=O. The lowest BCUT2D eigenvalue weighted by Crippen LogP contribution is -2.50. The van der Waals surface area contributed by atoms with Crippen LogP contribution in [0.2, 0.25) is 0 Å². The Morgan fingerprint density at radius 2 is 1.30 bits per heavy atom. The van der Waals surface area contributed by atoms with Crippen LogP contribution in [0, 0.1) is 5.92 Å². The average Bonchev–Trinajstić information content (AvgIpc) is 3.42. The molecule has 0 spiro atoms. The molecular formula is C34H30N4O5. The van der Waals surface area contributed by atoms with E-state index < -0.39 is 23.8 Å². The molecule has 0 unspecified atom stereocenters.